The Morgan fingerprint density at radius 3 is 2.82 bits per heavy atom. The van der Waals surface area contributed by atoms with Crippen LogP contribution in [0.2, 0.25) is 5.02 Å². The van der Waals surface area contributed by atoms with Crippen molar-refractivity contribution in [3.8, 4) is 0 Å². The van der Waals surface area contributed by atoms with Gasteiger partial charge in [-0.25, -0.2) is 4.39 Å². The van der Waals surface area contributed by atoms with Crippen LogP contribution >= 0.6 is 22.9 Å². The van der Waals surface area contributed by atoms with Gasteiger partial charge in [0.05, 0.1) is 15.2 Å². The fourth-order valence-electron chi connectivity index (χ4n) is 2.24. The first-order chi connectivity index (χ1) is 10.6. The molecule has 0 spiro atoms. The SMILES string of the molecule is CCn1c(=NC(=O)c2cccc(F)c2)sc2cccc(Cl)c21. The first-order valence-electron chi connectivity index (χ1n) is 6.72. The summed E-state index contributed by atoms with van der Waals surface area (Å²) in [6, 6.07) is 11.1. The van der Waals surface area contributed by atoms with Crippen molar-refractivity contribution in [1.29, 1.82) is 0 Å². The zero-order valence-corrected chi connectivity index (χ0v) is 13.3. The summed E-state index contributed by atoms with van der Waals surface area (Å²) >= 11 is 7.63. The normalized spacial score (nSPS) is 12.0. The predicted octanol–water partition coefficient (Wildman–Crippen LogP) is 4.26. The van der Waals surface area contributed by atoms with Crippen molar-refractivity contribution in [1.82, 2.24) is 4.57 Å². The maximum atomic E-state index is 13.2. The van der Waals surface area contributed by atoms with Gasteiger partial charge in [-0.2, -0.15) is 4.99 Å². The third-order valence-corrected chi connectivity index (χ3v) is 4.59. The van der Waals surface area contributed by atoms with E-state index in [0.717, 1.165) is 10.2 Å². The number of halogens is 2. The first kappa shape index (κ1) is 14.9. The van der Waals surface area contributed by atoms with Crippen LogP contribution in [0.4, 0.5) is 4.39 Å². The van der Waals surface area contributed by atoms with Crippen LogP contribution in [-0.2, 0) is 6.54 Å². The molecule has 0 N–H and O–H groups in total. The molecule has 22 heavy (non-hydrogen) atoms. The molecule has 0 aliphatic heterocycles. The smallest absolute Gasteiger partial charge is 0.279 e. The highest BCUT2D eigenvalue weighted by atomic mass is 35.5. The minimum Gasteiger partial charge on any atom is -0.315 e. The second kappa shape index (κ2) is 6.02. The third-order valence-electron chi connectivity index (χ3n) is 3.24. The zero-order valence-electron chi connectivity index (χ0n) is 11.7. The van der Waals surface area contributed by atoms with Gasteiger partial charge in [0.1, 0.15) is 5.82 Å². The van der Waals surface area contributed by atoms with Crippen molar-refractivity contribution in [3.63, 3.8) is 0 Å². The fourth-order valence-corrected chi connectivity index (χ4v) is 3.69. The fraction of sp³-hybridized carbons (Fsp3) is 0.125. The second-order valence-corrected chi connectivity index (χ2v) is 6.06. The predicted molar refractivity (Wildman–Crippen MR) is 86.8 cm³/mol. The molecule has 6 heteroatoms. The number of hydrogen-bond donors (Lipinski definition) is 0. The van der Waals surface area contributed by atoms with Crippen LogP contribution in [0.5, 0.6) is 0 Å². The van der Waals surface area contributed by atoms with Crippen molar-refractivity contribution in [3.05, 3.63) is 63.7 Å². The number of amides is 1. The molecule has 1 heterocycles. The number of nitrogens with zero attached hydrogens (tertiary/aromatic N) is 2. The van der Waals surface area contributed by atoms with Gasteiger partial charge in [0, 0.05) is 12.1 Å². The van der Waals surface area contributed by atoms with Gasteiger partial charge < -0.3 is 4.57 Å². The molecule has 112 valence electrons. The van der Waals surface area contributed by atoms with Gasteiger partial charge in [-0.3, -0.25) is 4.79 Å². The molecular weight excluding hydrogens is 323 g/mol. The highest BCUT2D eigenvalue weighted by molar-refractivity contribution is 7.16. The van der Waals surface area contributed by atoms with Crippen molar-refractivity contribution >= 4 is 39.1 Å². The number of fused-ring (bicyclic) bond motifs is 1. The summed E-state index contributed by atoms with van der Waals surface area (Å²) in [5.74, 6) is -0.923. The number of benzene rings is 2. The summed E-state index contributed by atoms with van der Waals surface area (Å²) in [5.41, 5.74) is 1.09. The number of carbonyl (C=O) groups excluding carboxylic acids is 1. The van der Waals surface area contributed by atoms with E-state index in [1.165, 1.54) is 29.5 Å². The molecule has 3 rings (SSSR count). The molecule has 0 fully saturated rings. The number of aromatic nitrogens is 1. The summed E-state index contributed by atoms with van der Waals surface area (Å²) in [6.07, 6.45) is 0. The maximum Gasteiger partial charge on any atom is 0.279 e. The molecule has 2 aromatic carbocycles. The first-order valence-corrected chi connectivity index (χ1v) is 7.92. The Kier molecular flexibility index (Phi) is 4.09. The molecule has 1 aromatic heterocycles. The van der Waals surface area contributed by atoms with Crippen LogP contribution in [0.25, 0.3) is 10.2 Å². The molecular formula is C16H12ClFN2OS. The molecule has 1 amide bonds. The standard InChI is InChI=1S/C16H12ClFN2OS/c1-2-20-14-12(17)7-4-8-13(14)22-16(20)19-15(21)10-5-3-6-11(18)9-10/h3-9H,2H2,1H3. The van der Waals surface area contributed by atoms with Gasteiger partial charge in [0.25, 0.3) is 5.91 Å². The van der Waals surface area contributed by atoms with Crippen molar-refractivity contribution in [2.75, 3.05) is 0 Å². The summed E-state index contributed by atoms with van der Waals surface area (Å²) in [6.45, 7) is 2.60. The van der Waals surface area contributed by atoms with Crippen LogP contribution in [0, 0.1) is 5.82 Å². The lowest BCUT2D eigenvalue weighted by Crippen LogP contribution is -2.16. The molecule has 0 saturated carbocycles. The lowest BCUT2D eigenvalue weighted by Gasteiger charge is -2.01. The molecule has 0 saturated heterocycles. The molecule has 0 aliphatic rings. The van der Waals surface area contributed by atoms with Crippen molar-refractivity contribution in [2.45, 2.75) is 13.5 Å². The van der Waals surface area contributed by atoms with Gasteiger partial charge in [-0.05, 0) is 37.3 Å². The molecule has 0 unspecified atom stereocenters. The Bertz CT molecular complexity index is 929. The molecule has 0 radical (unpaired) electrons. The minimum atomic E-state index is -0.468. The third kappa shape index (κ3) is 2.69. The quantitative estimate of drug-likeness (QED) is 0.689. The summed E-state index contributed by atoms with van der Waals surface area (Å²) in [4.78, 5) is 16.9. The molecule has 3 aromatic rings. The molecule has 0 bridgehead atoms. The second-order valence-electron chi connectivity index (χ2n) is 4.64. The Balaban J connectivity index is 2.17. The van der Waals surface area contributed by atoms with E-state index < -0.39 is 11.7 Å². The van der Waals surface area contributed by atoms with Gasteiger partial charge >= 0.3 is 0 Å². The summed E-state index contributed by atoms with van der Waals surface area (Å²) < 4.78 is 16.1. The summed E-state index contributed by atoms with van der Waals surface area (Å²) in [7, 11) is 0. The maximum absolute atomic E-state index is 13.2. The Hall–Kier alpha value is -1.98. The van der Waals surface area contributed by atoms with Crippen LogP contribution in [-0.4, -0.2) is 10.5 Å². The average Bonchev–Trinajstić information content (AvgIpc) is 2.85. The zero-order chi connectivity index (χ0) is 15.7. The van der Waals surface area contributed by atoms with E-state index in [-0.39, 0.29) is 5.56 Å². The van der Waals surface area contributed by atoms with Gasteiger partial charge in [0.15, 0.2) is 4.80 Å². The minimum absolute atomic E-state index is 0.228. The van der Waals surface area contributed by atoms with Gasteiger partial charge in [-0.15, -0.1) is 0 Å². The van der Waals surface area contributed by atoms with Gasteiger partial charge in [0.2, 0.25) is 0 Å². The van der Waals surface area contributed by atoms with E-state index in [2.05, 4.69) is 4.99 Å². The lowest BCUT2D eigenvalue weighted by atomic mass is 10.2. The monoisotopic (exact) mass is 334 g/mol. The van der Waals surface area contributed by atoms with Crippen molar-refractivity contribution in [2.24, 2.45) is 4.99 Å². The van der Waals surface area contributed by atoms with E-state index in [0.29, 0.717) is 16.4 Å². The largest absolute Gasteiger partial charge is 0.315 e. The molecule has 0 atom stereocenters. The number of para-hydroxylation sites is 1. The number of rotatable bonds is 2. The topological polar surface area (TPSA) is 34.4 Å². The van der Waals surface area contributed by atoms with Crippen LogP contribution in [0.15, 0.2) is 47.5 Å². The highest BCUT2D eigenvalue weighted by Crippen LogP contribution is 2.25. The van der Waals surface area contributed by atoms with Crippen LogP contribution in [0.1, 0.15) is 17.3 Å². The number of thiazole rings is 1. The Labute approximate surface area is 135 Å². The lowest BCUT2D eigenvalue weighted by molar-refractivity contribution is 0.0997. The van der Waals surface area contributed by atoms with E-state index >= 15 is 0 Å². The molecule has 3 nitrogen and oxygen atoms in total. The van der Waals surface area contributed by atoms with E-state index in [4.69, 9.17) is 11.6 Å². The van der Waals surface area contributed by atoms with E-state index in [1.54, 1.807) is 12.1 Å². The Morgan fingerprint density at radius 1 is 1.32 bits per heavy atom. The van der Waals surface area contributed by atoms with Crippen LogP contribution < -0.4 is 4.80 Å². The number of carbonyl (C=O) groups is 1. The van der Waals surface area contributed by atoms with Crippen LogP contribution in [0.3, 0.4) is 0 Å². The average molecular weight is 335 g/mol. The molecule has 0 aliphatic carbocycles. The number of aryl methyl sites for hydroxylation is 1. The van der Waals surface area contributed by atoms with E-state index in [1.807, 2.05) is 23.6 Å². The highest BCUT2D eigenvalue weighted by Gasteiger charge is 2.10. The van der Waals surface area contributed by atoms with Gasteiger partial charge in [-0.1, -0.05) is 35.1 Å². The van der Waals surface area contributed by atoms with Crippen molar-refractivity contribution < 1.29 is 9.18 Å². The summed E-state index contributed by atoms with van der Waals surface area (Å²) in [5, 5.41) is 0.621. The number of hydrogen-bond acceptors (Lipinski definition) is 2. The Morgan fingerprint density at radius 2 is 2.09 bits per heavy atom. The van der Waals surface area contributed by atoms with E-state index in [9.17, 15) is 9.18 Å².